The largest absolute Gasteiger partial charge is 0.352 e. The van der Waals surface area contributed by atoms with Crippen molar-refractivity contribution in [3.63, 3.8) is 0 Å². The number of carbonyl (C=O) groups is 1. The van der Waals surface area contributed by atoms with Crippen LogP contribution in [0.1, 0.15) is 12.5 Å². The zero-order chi connectivity index (χ0) is 12.8. The van der Waals surface area contributed by atoms with Gasteiger partial charge in [0.05, 0.1) is 4.92 Å². The van der Waals surface area contributed by atoms with Crippen LogP contribution in [0.25, 0.3) is 0 Å². The average Bonchev–Trinajstić information content (AvgIpc) is 2.35. The lowest BCUT2D eigenvalue weighted by Crippen LogP contribution is -2.32. The summed E-state index contributed by atoms with van der Waals surface area (Å²) in [6, 6.07) is 6.05. The Hall–Kier alpha value is -1.66. The third-order valence-corrected chi connectivity index (χ3v) is 2.42. The molecule has 0 heterocycles. The van der Waals surface area contributed by atoms with Gasteiger partial charge in [-0.3, -0.25) is 14.9 Å². The molecule has 1 unspecified atom stereocenters. The van der Waals surface area contributed by atoms with E-state index in [0.717, 1.165) is 5.56 Å². The number of amides is 1. The minimum absolute atomic E-state index is 0. The lowest BCUT2D eigenvalue weighted by molar-refractivity contribution is -0.384. The van der Waals surface area contributed by atoms with Crippen LogP contribution in [0.2, 0.25) is 0 Å². The number of non-ortho nitro benzene ring substituents is 1. The molecule has 0 saturated carbocycles. The van der Waals surface area contributed by atoms with Gasteiger partial charge in [0.15, 0.2) is 0 Å². The number of nitro benzene ring substituents is 1. The Balaban J connectivity index is 0.00000289. The van der Waals surface area contributed by atoms with E-state index in [2.05, 4.69) is 5.32 Å². The SMILES string of the molecule is CC(CN)C(=O)NCc1ccc([N+](=O)[O-])cc1.Cl. The fourth-order valence-electron chi connectivity index (χ4n) is 1.21. The lowest BCUT2D eigenvalue weighted by atomic mass is 10.1. The van der Waals surface area contributed by atoms with Crippen molar-refractivity contribution in [2.24, 2.45) is 11.7 Å². The molecule has 0 spiro atoms. The summed E-state index contributed by atoms with van der Waals surface area (Å²) in [6.45, 7) is 2.39. The van der Waals surface area contributed by atoms with Crippen LogP contribution in [0.15, 0.2) is 24.3 Å². The molecule has 3 N–H and O–H groups in total. The highest BCUT2D eigenvalue weighted by Gasteiger charge is 2.10. The number of nitrogens with two attached hydrogens (primary N) is 1. The topological polar surface area (TPSA) is 98.3 Å². The molecular formula is C11H16ClN3O3. The molecule has 0 bridgehead atoms. The minimum atomic E-state index is -0.459. The van der Waals surface area contributed by atoms with Crippen LogP contribution in [-0.2, 0) is 11.3 Å². The zero-order valence-electron chi connectivity index (χ0n) is 9.96. The van der Waals surface area contributed by atoms with Gasteiger partial charge in [0.2, 0.25) is 5.91 Å². The van der Waals surface area contributed by atoms with Crippen molar-refractivity contribution in [1.82, 2.24) is 5.32 Å². The molecule has 100 valence electrons. The van der Waals surface area contributed by atoms with Gasteiger partial charge in [-0.05, 0) is 5.56 Å². The van der Waals surface area contributed by atoms with E-state index in [1.165, 1.54) is 12.1 Å². The Labute approximate surface area is 111 Å². The van der Waals surface area contributed by atoms with Gasteiger partial charge in [0.1, 0.15) is 0 Å². The molecule has 0 aliphatic heterocycles. The molecule has 6 nitrogen and oxygen atoms in total. The number of rotatable bonds is 5. The van der Waals surface area contributed by atoms with Crippen molar-refractivity contribution in [1.29, 1.82) is 0 Å². The predicted octanol–water partition coefficient (Wildman–Crippen LogP) is 1.23. The Bertz CT molecular complexity index is 408. The Morgan fingerprint density at radius 2 is 2.00 bits per heavy atom. The Kier molecular flexibility index (Phi) is 6.92. The van der Waals surface area contributed by atoms with Crippen molar-refractivity contribution in [2.75, 3.05) is 6.54 Å². The fraction of sp³-hybridized carbons (Fsp3) is 0.364. The molecular weight excluding hydrogens is 258 g/mol. The molecule has 0 aromatic heterocycles. The van der Waals surface area contributed by atoms with Gasteiger partial charge in [-0.15, -0.1) is 12.4 Å². The average molecular weight is 274 g/mol. The zero-order valence-corrected chi connectivity index (χ0v) is 10.8. The second-order valence-electron chi connectivity index (χ2n) is 3.78. The van der Waals surface area contributed by atoms with Gasteiger partial charge < -0.3 is 11.1 Å². The Morgan fingerprint density at radius 3 is 2.44 bits per heavy atom. The van der Waals surface area contributed by atoms with Crippen LogP contribution in [0.3, 0.4) is 0 Å². The highest BCUT2D eigenvalue weighted by Crippen LogP contribution is 2.11. The summed E-state index contributed by atoms with van der Waals surface area (Å²) in [5, 5.41) is 13.1. The maximum atomic E-state index is 11.4. The van der Waals surface area contributed by atoms with E-state index < -0.39 is 4.92 Å². The minimum Gasteiger partial charge on any atom is -0.352 e. The molecule has 18 heavy (non-hydrogen) atoms. The Morgan fingerprint density at radius 1 is 1.44 bits per heavy atom. The maximum Gasteiger partial charge on any atom is 0.269 e. The molecule has 0 aliphatic rings. The van der Waals surface area contributed by atoms with Crippen molar-refractivity contribution < 1.29 is 9.72 Å². The first-order valence-electron chi connectivity index (χ1n) is 5.25. The number of carbonyl (C=O) groups excluding carboxylic acids is 1. The first kappa shape index (κ1) is 16.3. The molecule has 0 fully saturated rings. The van der Waals surface area contributed by atoms with E-state index >= 15 is 0 Å². The van der Waals surface area contributed by atoms with E-state index in [-0.39, 0.29) is 29.9 Å². The second kappa shape index (κ2) is 7.62. The monoisotopic (exact) mass is 273 g/mol. The van der Waals surface area contributed by atoms with Crippen molar-refractivity contribution in [3.8, 4) is 0 Å². The predicted molar refractivity (Wildman–Crippen MR) is 70.4 cm³/mol. The highest BCUT2D eigenvalue weighted by atomic mass is 35.5. The molecule has 1 aromatic carbocycles. The number of benzene rings is 1. The summed E-state index contributed by atoms with van der Waals surface area (Å²) in [5.41, 5.74) is 6.21. The number of nitrogens with one attached hydrogen (secondary N) is 1. The van der Waals surface area contributed by atoms with E-state index in [4.69, 9.17) is 5.73 Å². The van der Waals surface area contributed by atoms with Gasteiger partial charge in [-0.1, -0.05) is 19.1 Å². The van der Waals surface area contributed by atoms with Gasteiger partial charge >= 0.3 is 0 Å². The number of nitro groups is 1. The number of halogens is 1. The summed E-state index contributed by atoms with van der Waals surface area (Å²) in [6.07, 6.45) is 0. The number of nitrogens with zero attached hydrogens (tertiary/aromatic N) is 1. The van der Waals surface area contributed by atoms with Gasteiger partial charge in [-0.2, -0.15) is 0 Å². The van der Waals surface area contributed by atoms with Crippen LogP contribution in [0.5, 0.6) is 0 Å². The molecule has 1 aromatic rings. The summed E-state index contributed by atoms with van der Waals surface area (Å²) in [5.74, 6) is -0.348. The molecule has 1 amide bonds. The van der Waals surface area contributed by atoms with E-state index in [1.807, 2.05) is 0 Å². The van der Waals surface area contributed by atoms with Crippen molar-refractivity contribution in [2.45, 2.75) is 13.5 Å². The van der Waals surface area contributed by atoms with Gasteiger partial charge in [0, 0.05) is 31.1 Å². The van der Waals surface area contributed by atoms with Crippen molar-refractivity contribution >= 4 is 24.0 Å². The first-order valence-corrected chi connectivity index (χ1v) is 5.25. The quantitative estimate of drug-likeness (QED) is 0.622. The van der Waals surface area contributed by atoms with E-state index in [1.54, 1.807) is 19.1 Å². The second-order valence-corrected chi connectivity index (χ2v) is 3.78. The lowest BCUT2D eigenvalue weighted by Gasteiger charge is -2.09. The molecule has 0 saturated heterocycles. The normalized spacial score (nSPS) is 11.2. The number of hydrogen-bond acceptors (Lipinski definition) is 4. The van der Waals surface area contributed by atoms with Gasteiger partial charge in [0.25, 0.3) is 5.69 Å². The third-order valence-electron chi connectivity index (χ3n) is 2.42. The van der Waals surface area contributed by atoms with Crippen molar-refractivity contribution in [3.05, 3.63) is 39.9 Å². The van der Waals surface area contributed by atoms with Crippen LogP contribution < -0.4 is 11.1 Å². The van der Waals surface area contributed by atoms with Crippen LogP contribution >= 0.6 is 12.4 Å². The highest BCUT2D eigenvalue weighted by molar-refractivity contribution is 5.85. The van der Waals surface area contributed by atoms with E-state index in [9.17, 15) is 14.9 Å². The fourth-order valence-corrected chi connectivity index (χ4v) is 1.21. The van der Waals surface area contributed by atoms with E-state index in [0.29, 0.717) is 13.1 Å². The molecule has 0 aliphatic carbocycles. The summed E-state index contributed by atoms with van der Waals surface area (Å²) in [4.78, 5) is 21.4. The molecule has 1 atom stereocenters. The summed E-state index contributed by atoms with van der Waals surface area (Å²) >= 11 is 0. The molecule has 7 heteroatoms. The van der Waals surface area contributed by atoms with Crippen LogP contribution in [0, 0.1) is 16.0 Å². The van der Waals surface area contributed by atoms with Crippen LogP contribution in [0.4, 0.5) is 5.69 Å². The summed E-state index contributed by atoms with van der Waals surface area (Å²) < 4.78 is 0. The molecule has 0 radical (unpaired) electrons. The van der Waals surface area contributed by atoms with Gasteiger partial charge in [-0.25, -0.2) is 0 Å². The van der Waals surface area contributed by atoms with Crippen LogP contribution in [-0.4, -0.2) is 17.4 Å². The summed E-state index contributed by atoms with van der Waals surface area (Å²) in [7, 11) is 0. The smallest absolute Gasteiger partial charge is 0.269 e. The standard InChI is InChI=1S/C11H15N3O3.ClH/c1-8(6-12)11(15)13-7-9-2-4-10(5-3-9)14(16)17;/h2-5,8H,6-7,12H2,1H3,(H,13,15);1H. The maximum absolute atomic E-state index is 11.4. The third kappa shape index (κ3) is 4.68. The first-order chi connectivity index (χ1) is 8.04. The number of hydrogen-bond donors (Lipinski definition) is 2. The molecule has 1 rings (SSSR count).